The molecule has 0 saturated heterocycles. The zero-order valence-corrected chi connectivity index (χ0v) is 13.1. The van der Waals surface area contributed by atoms with Gasteiger partial charge in [0, 0.05) is 30.1 Å². The first-order valence-corrected chi connectivity index (χ1v) is 7.71. The molecule has 1 aliphatic heterocycles. The third kappa shape index (κ3) is 3.32. The molecule has 4 N–H and O–H groups in total. The summed E-state index contributed by atoms with van der Waals surface area (Å²) in [6.45, 7) is 0.776. The third-order valence-electron chi connectivity index (χ3n) is 4.16. The summed E-state index contributed by atoms with van der Waals surface area (Å²) in [5, 5.41) is 4.58. The number of fused-ring (bicyclic) bond motifs is 1. The summed E-state index contributed by atoms with van der Waals surface area (Å²) in [5.41, 5.74) is 8.99. The van der Waals surface area contributed by atoms with Gasteiger partial charge in [-0.05, 0) is 24.5 Å². The smallest absolute Gasteiger partial charge is 0.437 e. The van der Waals surface area contributed by atoms with Crippen LogP contribution in [0.25, 0.3) is 10.9 Å². The highest BCUT2D eigenvalue weighted by Crippen LogP contribution is 2.23. The van der Waals surface area contributed by atoms with E-state index in [0.717, 1.165) is 24.9 Å². The number of nitrogens with two attached hydrogens (primary N) is 1. The number of carbonyl (C=O) groups is 1. The molecule has 1 aromatic carbocycles. The van der Waals surface area contributed by atoms with E-state index < -0.39 is 6.16 Å². The fourth-order valence-corrected chi connectivity index (χ4v) is 2.96. The summed E-state index contributed by atoms with van der Waals surface area (Å²) in [5.74, 6) is 0.489. The predicted molar refractivity (Wildman–Crippen MR) is 87.7 cm³/mol. The van der Waals surface area contributed by atoms with Crippen LogP contribution in [0.1, 0.15) is 18.4 Å². The minimum atomic E-state index is -0.733. The van der Waals surface area contributed by atoms with Gasteiger partial charge in [-0.1, -0.05) is 18.2 Å². The third-order valence-corrected chi connectivity index (χ3v) is 4.16. The number of hydrogen-bond acceptors (Lipinski definition) is 5. The van der Waals surface area contributed by atoms with Crippen LogP contribution in [0.3, 0.4) is 0 Å². The molecule has 2 heterocycles. The maximum atomic E-state index is 11.4. The molecule has 1 aromatic heterocycles. The van der Waals surface area contributed by atoms with E-state index in [9.17, 15) is 4.79 Å². The number of carbonyl (C=O) groups excluding carboxylic acids is 1. The van der Waals surface area contributed by atoms with E-state index in [4.69, 9.17) is 10.5 Å². The number of aromatic amines is 1. The van der Waals surface area contributed by atoms with E-state index >= 15 is 0 Å². The molecule has 1 unspecified atom stereocenters. The van der Waals surface area contributed by atoms with Gasteiger partial charge in [0.05, 0.1) is 18.8 Å². The largest absolute Gasteiger partial charge is 0.513 e. The van der Waals surface area contributed by atoms with E-state index in [-0.39, 0.29) is 6.04 Å². The first kappa shape index (κ1) is 15.4. The average Bonchev–Trinajstić information content (AvgIpc) is 2.98. The molecule has 0 fully saturated rings. The highest BCUT2D eigenvalue weighted by atomic mass is 16.7. The molecular weight excluding hydrogens is 294 g/mol. The monoisotopic (exact) mass is 315 g/mol. The van der Waals surface area contributed by atoms with Crippen LogP contribution in [0, 0.1) is 0 Å². The number of methoxy groups -OCH3 is 1. The van der Waals surface area contributed by atoms with Crippen molar-refractivity contribution in [3.8, 4) is 0 Å². The number of H-pyrrole nitrogens is 1. The van der Waals surface area contributed by atoms with Gasteiger partial charge in [-0.25, -0.2) is 4.79 Å². The Morgan fingerprint density at radius 3 is 3.04 bits per heavy atom. The van der Waals surface area contributed by atoms with Gasteiger partial charge in [0.15, 0.2) is 0 Å². The van der Waals surface area contributed by atoms with Gasteiger partial charge in [0.2, 0.25) is 0 Å². The van der Waals surface area contributed by atoms with Crippen LogP contribution in [0.4, 0.5) is 4.79 Å². The maximum absolute atomic E-state index is 11.4. The SMILES string of the molecule is COC(=O)OC1=C(N)CCNC1CCc1c[nH]c2ccccc12. The zero-order chi connectivity index (χ0) is 16.2. The van der Waals surface area contributed by atoms with E-state index in [0.29, 0.717) is 17.9 Å². The van der Waals surface area contributed by atoms with Crippen molar-refractivity contribution in [3.63, 3.8) is 0 Å². The summed E-state index contributed by atoms with van der Waals surface area (Å²) in [4.78, 5) is 14.7. The lowest BCUT2D eigenvalue weighted by molar-refractivity contribution is 0.0878. The van der Waals surface area contributed by atoms with Crippen LogP contribution < -0.4 is 11.1 Å². The number of aryl methyl sites for hydroxylation is 1. The van der Waals surface area contributed by atoms with Crippen molar-refractivity contribution in [1.82, 2.24) is 10.3 Å². The maximum Gasteiger partial charge on any atom is 0.513 e. The van der Waals surface area contributed by atoms with Crippen molar-refractivity contribution in [3.05, 3.63) is 47.5 Å². The number of aromatic nitrogens is 1. The second-order valence-electron chi connectivity index (χ2n) is 5.60. The van der Waals surface area contributed by atoms with Gasteiger partial charge in [-0.3, -0.25) is 0 Å². The molecular formula is C17H21N3O3. The Morgan fingerprint density at radius 2 is 2.22 bits per heavy atom. The Hall–Kier alpha value is -2.47. The van der Waals surface area contributed by atoms with Crippen LogP contribution in [-0.2, 0) is 15.9 Å². The second-order valence-corrected chi connectivity index (χ2v) is 5.60. The molecule has 2 aromatic rings. The van der Waals surface area contributed by atoms with Gasteiger partial charge in [-0.2, -0.15) is 0 Å². The molecule has 0 bridgehead atoms. The number of para-hydroxylation sites is 1. The van der Waals surface area contributed by atoms with E-state index in [1.165, 1.54) is 18.1 Å². The molecule has 0 saturated carbocycles. The van der Waals surface area contributed by atoms with Gasteiger partial charge >= 0.3 is 6.16 Å². The lowest BCUT2D eigenvalue weighted by Gasteiger charge is -2.27. The fraction of sp³-hybridized carbons (Fsp3) is 0.353. The molecule has 122 valence electrons. The number of benzene rings is 1. The van der Waals surface area contributed by atoms with Crippen LogP contribution in [0.5, 0.6) is 0 Å². The Balaban J connectivity index is 1.73. The van der Waals surface area contributed by atoms with Crippen LogP contribution >= 0.6 is 0 Å². The molecule has 1 aliphatic rings. The predicted octanol–water partition coefficient (Wildman–Crippen LogP) is 2.42. The van der Waals surface area contributed by atoms with Crippen molar-refractivity contribution < 1.29 is 14.3 Å². The second kappa shape index (κ2) is 6.75. The Kier molecular flexibility index (Phi) is 4.52. The van der Waals surface area contributed by atoms with Crippen LogP contribution in [0.15, 0.2) is 41.9 Å². The highest BCUT2D eigenvalue weighted by Gasteiger charge is 2.25. The molecule has 6 heteroatoms. The Bertz CT molecular complexity index is 736. The van der Waals surface area contributed by atoms with Gasteiger partial charge < -0.3 is 25.5 Å². The zero-order valence-electron chi connectivity index (χ0n) is 13.1. The first-order valence-electron chi connectivity index (χ1n) is 7.71. The van der Waals surface area contributed by atoms with Crippen molar-refractivity contribution in [2.24, 2.45) is 5.73 Å². The molecule has 0 spiro atoms. The van der Waals surface area contributed by atoms with E-state index in [2.05, 4.69) is 27.2 Å². The summed E-state index contributed by atoms with van der Waals surface area (Å²) in [6.07, 6.45) is 3.60. The lowest BCUT2D eigenvalue weighted by atomic mass is 9.99. The summed E-state index contributed by atoms with van der Waals surface area (Å²) in [6, 6.07) is 8.11. The fourth-order valence-electron chi connectivity index (χ4n) is 2.96. The molecule has 23 heavy (non-hydrogen) atoms. The standard InChI is InChI=1S/C17H21N3O3/c1-22-17(21)23-16-13(18)8-9-19-15(16)7-6-11-10-20-14-5-3-2-4-12(11)14/h2-5,10,15,19-20H,6-9,18H2,1H3. The van der Waals surface area contributed by atoms with E-state index in [1.807, 2.05) is 18.3 Å². The van der Waals surface area contributed by atoms with Crippen LogP contribution in [-0.4, -0.2) is 30.8 Å². The molecule has 0 amide bonds. The van der Waals surface area contributed by atoms with Gasteiger partial charge in [-0.15, -0.1) is 0 Å². The number of rotatable bonds is 4. The molecule has 0 radical (unpaired) electrons. The lowest BCUT2D eigenvalue weighted by Crippen LogP contribution is -2.40. The Morgan fingerprint density at radius 1 is 1.39 bits per heavy atom. The van der Waals surface area contributed by atoms with E-state index in [1.54, 1.807) is 0 Å². The number of nitrogens with one attached hydrogen (secondary N) is 2. The number of ether oxygens (including phenoxy) is 2. The quantitative estimate of drug-likeness (QED) is 0.754. The topological polar surface area (TPSA) is 89.4 Å². The highest BCUT2D eigenvalue weighted by molar-refractivity contribution is 5.83. The van der Waals surface area contributed by atoms with Gasteiger partial charge in [0.25, 0.3) is 0 Å². The minimum absolute atomic E-state index is 0.0866. The molecule has 1 atom stereocenters. The van der Waals surface area contributed by atoms with Gasteiger partial charge in [0.1, 0.15) is 5.76 Å². The number of hydrogen-bond donors (Lipinski definition) is 3. The van der Waals surface area contributed by atoms with Crippen molar-refractivity contribution >= 4 is 17.1 Å². The summed E-state index contributed by atoms with van der Waals surface area (Å²) >= 11 is 0. The molecule has 0 aliphatic carbocycles. The average molecular weight is 315 g/mol. The normalized spacial score (nSPS) is 18.2. The first-order chi connectivity index (χ1) is 11.2. The molecule has 3 rings (SSSR count). The Labute approximate surface area is 134 Å². The van der Waals surface area contributed by atoms with Crippen molar-refractivity contribution in [2.75, 3.05) is 13.7 Å². The van der Waals surface area contributed by atoms with Crippen molar-refractivity contribution in [2.45, 2.75) is 25.3 Å². The molecule has 6 nitrogen and oxygen atoms in total. The summed E-state index contributed by atoms with van der Waals surface area (Å²) < 4.78 is 9.82. The van der Waals surface area contributed by atoms with Crippen molar-refractivity contribution in [1.29, 1.82) is 0 Å². The van der Waals surface area contributed by atoms with Crippen LogP contribution in [0.2, 0.25) is 0 Å². The minimum Gasteiger partial charge on any atom is -0.437 e. The summed E-state index contributed by atoms with van der Waals surface area (Å²) in [7, 11) is 1.29.